The van der Waals surface area contributed by atoms with Crippen molar-refractivity contribution < 1.29 is 9.53 Å². The fraction of sp³-hybridized carbons (Fsp3) is 0.556. The first-order chi connectivity index (χ1) is 10.2. The van der Waals surface area contributed by atoms with Gasteiger partial charge in [-0.05, 0) is 35.3 Å². The van der Waals surface area contributed by atoms with Gasteiger partial charge in [-0.2, -0.15) is 0 Å². The van der Waals surface area contributed by atoms with Crippen molar-refractivity contribution in [1.82, 2.24) is 4.57 Å². The van der Waals surface area contributed by atoms with Crippen LogP contribution in [0.5, 0.6) is 0 Å². The number of hydrogen-bond acceptors (Lipinski definition) is 2. The van der Waals surface area contributed by atoms with Crippen molar-refractivity contribution in [3.63, 3.8) is 0 Å². The molecule has 2 rings (SSSR count). The standard InChI is InChI=1S/C18H29NO2Si/c1-18(2,3)22(4,5)21-11-10-17(20)14-19-12-15-8-6-7-9-16(15)13-19/h6-9,12-13,17,20H,10-11,14H2,1-5H3. The fourth-order valence-electron chi connectivity index (χ4n) is 2.25. The summed E-state index contributed by atoms with van der Waals surface area (Å²) in [5.41, 5.74) is 0. The summed E-state index contributed by atoms with van der Waals surface area (Å²) in [7, 11) is -1.71. The van der Waals surface area contributed by atoms with E-state index in [0.717, 1.165) is 0 Å². The molecule has 1 heterocycles. The van der Waals surface area contributed by atoms with Crippen LogP contribution in [0.2, 0.25) is 18.1 Å². The fourth-order valence-corrected chi connectivity index (χ4v) is 3.31. The van der Waals surface area contributed by atoms with Crippen LogP contribution in [-0.2, 0) is 11.0 Å². The first-order valence-corrected chi connectivity index (χ1v) is 11.0. The van der Waals surface area contributed by atoms with E-state index in [1.807, 2.05) is 12.1 Å². The van der Waals surface area contributed by atoms with Crippen molar-refractivity contribution in [2.45, 2.75) is 58.0 Å². The third-order valence-corrected chi connectivity index (χ3v) is 9.29. The first kappa shape index (κ1) is 17.3. The highest BCUT2D eigenvalue weighted by Crippen LogP contribution is 2.36. The van der Waals surface area contributed by atoms with Gasteiger partial charge in [0.25, 0.3) is 0 Å². The van der Waals surface area contributed by atoms with Crippen LogP contribution < -0.4 is 0 Å². The number of benzene rings is 1. The molecule has 1 atom stereocenters. The second-order valence-corrected chi connectivity index (χ2v) is 12.4. The van der Waals surface area contributed by atoms with Crippen LogP contribution in [0.1, 0.15) is 27.2 Å². The number of nitrogens with zero attached hydrogens (tertiary/aromatic N) is 1. The highest BCUT2D eigenvalue weighted by atomic mass is 28.4. The van der Waals surface area contributed by atoms with Crippen LogP contribution in [0.15, 0.2) is 36.7 Å². The van der Waals surface area contributed by atoms with E-state index in [1.54, 1.807) is 0 Å². The lowest BCUT2D eigenvalue weighted by molar-refractivity contribution is 0.119. The second kappa shape index (κ2) is 6.57. The molecule has 0 aliphatic rings. The molecule has 0 amide bonds. The molecule has 0 radical (unpaired) electrons. The van der Waals surface area contributed by atoms with Crippen molar-refractivity contribution in [3.8, 4) is 0 Å². The highest BCUT2D eigenvalue weighted by Gasteiger charge is 2.36. The third kappa shape index (κ3) is 4.21. The minimum atomic E-state index is -1.71. The largest absolute Gasteiger partial charge is 0.417 e. The Morgan fingerprint density at radius 1 is 1.14 bits per heavy atom. The topological polar surface area (TPSA) is 34.4 Å². The van der Waals surface area contributed by atoms with E-state index < -0.39 is 8.32 Å². The van der Waals surface area contributed by atoms with Crippen LogP contribution in [0.3, 0.4) is 0 Å². The van der Waals surface area contributed by atoms with E-state index in [0.29, 0.717) is 19.6 Å². The summed E-state index contributed by atoms with van der Waals surface area (Å²) in [6.07, 6.45) is 4.49. The zero-order chi connectivity index (χ0) is 16.4. The lowest BCUT2D eigenvalue weighted by Crippen LogP contribution is -2.41. The number of rotatable bonds is 6. The lowest BCUT2D eigenvalue weighted by atomic mass is 10.2. The molecule has 0 spiro atoms. The predicted octanol–water partition coefficient (Wildman–Crippen LogP) is 4.41. The van der Waals surface area contributed by atoms with Crippen LogP contribution in [0.25, 0.3) is 10.8 Å². The number of aliphatic hydroxyl groups is 1. The number of hydrogen-bond donors (Lipinski definition) is 1. The molecule has 1 N–H and O–H groups in total. The van der Waals surface area contributed by atoms with E-state index in [9.17, 15) is 5.11 Å². The van der Waals surface area contributed by atoms with Gasteiger partial charge >= 0.3 is 0 Å². The average molecular weight is 320 g/mol. The maximum atomic E-state index is 10.2. The van der Waals surface area contributed by atoms with Gasteiger partial charge in [0, 0.05) is 25.5 Å². The summed E-state index contributed by atoms with van der Waals surface area (Å²) in [5, 5.41) is 12.9. The van der Waals surface area contributed by atoms with Crippen LogP contribution in [0.4, 0.5) is 0 Å². The smallest absolute Gasteiger partial charge is 0.191 e. The molecule has 122 valence electrons. The Morgan fingerprint density at radius 3 is 2.18 bits per heavy atom. The minimum Gasteiger partial charge on any atom is -0.417 e. The van der Waals surface area contributed by atoms with E-state index in [4.69, 9.17) is 4.43 Å². The molecule has 4 heteroatoms. The summed E-state index contributed by atoms with van der Waals surface area (Å²) in [6, 6.07) is 8.27. The van der Waals surface area contributed by atoms with E-state index in [2.05, 4.69) is 63.0 Å². The Bertz CT molecular complexity index is 580. The van der Waals surface area contributed by atoms with Crippen molar-refractivity contribution in [3.05, 3.63) is 36.7 Å². The molecule has 1 aromatic carbocycles. The summed E-state index contributed by atoms with van der Waals surface area (Å²) in [6.45, 7) is 12.5. The molecule has 1 unspecified atom stereocenters. The van der Waals surface area contributed by atoms with Crippen molar-refractivity contribution in [2.75, 3.05) is 6.61 Å². The van der Waals surface area contributed by atoms with E-state index >= 15 is 0 Å². The number of aromatic nitrogens is 1. The van der Waals surface area contributed by atoms with Gasteiger partial charge in [0.2, 0.25) is 0 Å². The maximum Gasteiger partial charge on any atom is 0.191 e. The van der Waals surface area contributed by atoms with Gasteiger partial charge in [-0.25, -0.2) is 0 Å². The summed E-state index contributed by atoms with van der Waals surface area (Å²) in [5.74, 6) is 0. The van der Waals surface area contributed by atoms with Gasteiger partial charge in [0.1, 0.15) is 0 Å². The van der Waals surface area contributed by atoms with E-state index in [-0.39, 0.29) is 11.1 Å². The molecule has 0 fully saturated rings. The lowest BCUT2D eigenvalue weighted by Gasteiger charge is -2.36. The van der Waals surface area contributed by atoms with Gasteiger partial charge in [-0.1, -0.05) is 45.0 Å². The summed E-state index contributed by atoms with van der Waals surface area (Å²) >= 11 is 0. The molecule has 0 aliphatic heterocycles. The normalized spacial score (nSPS) is 14.5. The Kier molecular flexibility index (Phi) is 5.15. The molecule has 1 aromatic heterocycles. The highest BCUT2D eigenvalue weighted by molar-refractivity contribution is 6.74. The van der Waals surface area contributed by atoms with E-state index in [1.165, 1.54) is 10.8 Å². The molecular weight excluding hydrogens is 290 g/mol. The van der Waals surface area contributed by atoms with Gasteiger partial charge in [0.05, 0.1) is 6.10 Å². The summed E-state index contributed by atoms with van der Waals surface area (Å²) in [4.78, 5) is 0. The van der Waals surface area contributed by atoms with Crippen molar-refractivity contribution >= 4 is 19.1 Å². The Hall–Kier alpha value is -1.10. The minimum absolute atomic E-state index is 0.218. The molecule has 0 aliphatic carbocycles. The molecule has 22 heavy (non-hydrogen) atoms. The molecular formula is C18H29NO2Si. The van der Waals surface area contributed by atoms with Gasteiger partial charge in [-0.15, -0.1) is 0 Å². The monoisotopic (exact) mass is 319 g/mol. The number of fused-ring (bicyclic) bond motifs is 1. The predicted molar refractivity (Wildman–Crippen MR) is 95.7 cm³/mol. The number of aliphatic hydroxyl groups excluding tert-OH is 1. The molecule has 3 nitrogen and oxygen atoms in total. The summed E-state index contributed by atoms with van der Waals surface area (Å²) < 4.78 is 8.20. The Labute approximate surface area is 135 Å². The zero-order valence-electron chi connectivity index (χ0n) is 14.5. The SMILES string of the molecule is CC(C)(C)[Si](C)(C)OCCC(O)Cn1cc2ccccc2c1. The van der Waals surface area contributed by atoms with Crippen LogP contribution >= 0.6 is 0 Å². The third-order valence-electron chi connectivity index (χ3n) is 4.75. The van der Waals surface area contributed by atoms with Gasteiger partial charge < -0.3 is 14.1 Å². The van der Waals surface area contributed by atoms with Crippen LogP contribution in [0, 0.1) is 0 Å². The van der Waals surface area contributed by atoms with Gasteiger partial charge in [0.15, 0.2) is 8.32 Å². The Balaban J connectivity index is 1.84. The zero-order valence-corrected chi connectivity index (χ0v) is 15.5. The van der Waals surface area contributed by atoms with Crippen LogP contribution in [-0.4, -0.2) is 30.7 Å². The van der Waals surface area contributed by atoms with Crippen molar-refractivity contribution in [2.24, 2.45) is 0 Å². The second-order valence-electron chi connectivity index (χ2n) is 7.64. The molecule has 0 saturated carbocycles. The first-order valence-electron chi connectivity index (χ1n) is 8.05. The van der Waals surface area contributed by atoms with Gasteiger partial charge in [-0.3, -0.25) is 0 Å². The quantitative estimate of drug-likeness (QED) is 0.800. The molecule has 0 bridgehead atoms. The molecule has 0 saturated heterocycles. The molecule has 2 aromatic rings. The Morgan fingerprint density at radius 2 is 1.68 bits per heavy atom. The van der Waals surface area contributed by atoms with Crippen molar-refractivity contribution in [1.29, 1.82) is 0 Å². The maximum absolute atomic E-state index is 10.2. The average Bonchev–Trinajstić information content (AvgIpc) is 2.78.